The Morgan fingerprint density at radius 2 is 1.88 bits per heavy atom. The topological polar surface area (TPSA) is 64.0 Å². The van der Waals surface area contributed by atoms with Crippen LogP contribution in [0.15, 0.2) is 53.4 Å². The number of carbonyl (C=O) groups is 1. The summed E-state index contributed by atoms with van der Waals surface area (Å²) >= 11 is 0. The predicted molar refractivity (Wildman–Crippen MR) is 100 cm³/mol. The van der Waals surface area contributed by atoms with E-state index in [0.29, 0.717) is 23.4 Å². The highest BCUT2D eigenvalue weighted by Crippen LogP contribution is 2.16. The summed E-state index contributed by atoms with van der Waals surface area (Å²) in [6, 6.07) is 14.9. The summed E-state index contributed by atoms with van der Waals surface area (Å²) in [7, 11) is -1.04. The van der Waals surface area contributed by atoms with Crippen LogP contribution in [-0.2, 0) is 23.8 Å². The molecule has 0 saturated carbocycles. The molecule has 0 saturated heterocycles. The molecule has 0 bridgehead atoms. The lowest BCUT2D eigenvalue weighted by atomic mass is 10.2. The Kier molecular flexibility index (Phi) is 5.28. The molecule has 2 aromatic carbocycles. The average Bonchev–Trinajstić information content (AvgIpc) is 2.99. The first-order valence-electron chi connectivity index (χ1n) is 8.26. The maximum atomic E-state index is 12.2. The number of imidazole rings is 1. The van der Waals surface area contributed by atoms with Gasteiger partial charge in [-0.25, -0.2) is 4.98 Å². The van der Waals surface area contributed by atoms with Crippen molar-refractivity contribution in [2.75, 3.05) is 12.8 Å². The molecule has 3 aromatic rings. The van der Waals surface area contributed by atoms with Crippen molar-refractivity contribution in [1.29, 1.82) is 0 Å². The second-order valence-electron chi connectivity index (χ2n) is 5.75. The number of para-hydroxylation sites is 2. The SMILES string of the molecule is CCn1c(CCNC(=O)c2ccc(S(C)=O)cc2)nc2ccccc21. The van der Waals surface area contributed by atoms with Crippen LogP contribution in [0.2, 0.25) is 0 Å². The van der Waals surface area contributed by atoms with Crippen LogP contribution in [-0.4, -0.2) is 32.5 Å². The number of fused-ring (bicyclic) bond motifs is 1. The Morgan fingerprint density at radius 3 is 2.56 bits per heavy atom. The van der Waals surface area contributed by atoms with Crippen molar-refractivity contribution < 1.29 is 9.00 Å². The summed E-state index contributed by atoms with van der Waals surface area (Å²) in [4.78, 5) is 17.6. The Morgan fingerprint density at radius 1 is 1.16 bits per heavy atom. The maximum Gasteiger partial charge on any atom is 0.251 e. The van der Waals surface area contributed by atoms with Crippen LogP contribution in [0, 0.1) is 0 Å². The van der Waals surface area contributed by atoms with Crippen LogP contribution in [0.3, 0.4) is 0 Å². The lowest BCUT2D eigenvalue weighted by molar-refractivity contribution is 0.0954. The largest absolute Gasteiger partial charge is 0.352 e. The summed E-state index contributed by atoms with van der Waals surface area (Å²) < 4.78 is 13.6. The van der Waals surface area contributed by atoms with E-state index < -0.39 is 10.8 Å². The van der Waals surface area contributed by atoms with Gasteiger partial charge in [0.2, 0.25) is 0 Å². The monoisotopic (exact) mass is 355 g/mol. The van der Waals surface area contributed by atoms with Gasteiger partial charge in [0.1, 0.15) is 5.82 Å². The molecule has 6 heteroatoms. The molecular weight excluding hydrogens is 334 g/mol. The van der Waals surface area contributed by atoms with E-state index in [1.54, 1.807) is 30.5 Å². The molecular formula is C19H21N3O2S. The lowest BCUT2D eigenvalue weighted by Crippen LogP contribution is -2.26. The minimum absolute atomic E-state index is 0.132. The van der Waals surface area contributed by atoms with Crippen molar-refractivity contribution in [1.82, 2.24) is 14.9 Å². The molecule has 0 radical (unpaired) electrons. The summed E-state index contributed by atoms with van der Waals surface area (Å²) in [6.45, 7) is 3.46. The highest BCUT2D eigenvalue weighted by molar-refractivity contribution is 7.84. The molecule has 0 aliphatic rings. The highest BCUT2D eigenvalue weighted by Gasteiger charge is 2.10. The van der Waals surface area contributed by atoms with Crippen molar-refractivity contribution in [2.45, 2.75) is 24.8 Å². The number of amides is 1. The molecule has 130 valence electrons. The fraction of sp³-hybridized carbons (Fsp3) is 0.263. The first-order valence-corrected chi connectivity index (χ1v) is 9.81. The number of benzene rings is 2. The van der Waals surface area contributed by atoms with Crippen molar-refractivity contribution in [3.8, 4) is 0 Å². The van der Waals surface area contributed by atoms with Gasteiger partial charge >= 0.3 is 0 Å². The second-order valence-corrected chi connectivity index (χ2v) is 7.13. The highest BCUT2D eigenvalue weighted by atomic mass is 32.2. The van der Waals surface area contributed by atoms with Crippen LogP contribution in [0.1, 0.15) is 23.1 Å². The van der Waals surface area contributed by atoms with Gasteiger partial charge < -0.3 is 9.88 Å². The van der Waals surface area contributed by atoms with Gasteiger partial charge in [0.15, 0.2) is 0 Å². The third-order valence-corrected chi connectivity index (χ3v) is 5.07. The van der Waals surface area contributed by atoms with Crippen LogP contribution in [0.5, 0.6) is 0 Å². The Bertz CT molecular complexity index is 916. The van der Waals surface area contributed by atoms with Gasteiger partial charge in [0.25, 0.3) is 5.91 Å². The number of aryl methyl sites for hydroxylation is 1. The van der Waals surface area contributed by atoms with E-state index in [1.807, 2.05) is 18.2 Å². The van der Waals surface area contributed by atoms with Gasteiger partial charge in [0.05, 0.1) is 11.0 Å². The van der Waals surface area contributed by atoms with Crippen LogP contribution < -0.4 is 5.32 Å². The molecule has 1 N–H and O–H groups in total. The first-order chi connectivity index (χ1) is 12.1. The first kappa shape index (κ1) is 17.4. The Balaban J connectivity index is 1.64. The number of aromatic nitrogens is 2. The number of hydrogen-bond acceptors (Lipinski definition) is 3. The van der Waals surface area contributed by atoms with E-state index in [-0.39, 0.29) is 5.91 Å². The third kappa shape index (κ3) is 3.79. The van der Waals surface area contributed by atoms with Crippen LogP contribution in [0.25, 0.3) is 11.0 Å². The van der Waals surface area contributed by atoms with Gasteiger partial charge in [-0.05, 0) is 43.3 Å². The smallest absolute Gasteiger partial charge is 0.251 e. The van der Waals surface area contributed by atoms with E-state index in [4.69, 9.17) is 0 Å². The average molecular weight is 355 g/mol. The lowest BCUT2D eigenvalue weighted by Gasteiger charge is -2.08. The normalized spacial score (nSPS) is 12.2. The minimum Gasteiger partial charge on any atom is -0.352 e. The molecule has 25 heavy (non-hydrogen) atoms. The maximum absolute atomic E-state index is 12.2. The molecule has 1 unspecified atom stereocenters. The molecule has 3 rings (SSSR count). The van der Waals surface area contributed by atoms with Crippen LogP contribution in [0.4, 0.5) is 0 Å². The summed E-state index contributed by atoms with van der Waals surface area (Å²) in [5, 5.41) is 2.92. The molecule has 5 nitrogen and oxygen atoms in total. The van der Waals surface area contributed by atoms with Gasteiger partial charge in [0, 0.05) is 47.0 Å². The van der Waals surface area contributed by atoms with Gasteiger partial charge in [-0.2, -0.15) is 0 Å². The van der Waals surface area contributed by atoms with E-state index in [1.165, 1.54) is 0 Å². The predicted octanol–water partition coefficient (Wildman–Crippen LogP) is 2.77. The number of carbonyl (C=O) groups excluding carboxylic acids is 1. The minimum atomic E-state index is -1.04. The van der Waals surface area contributed by atoms with Gasteiger partial charge in [-0.3, -0.25) is 9.00 Å². The Labute approximate surface area is 149 Å². The Hall–Kier alpha value is -2.47. The molecule has 0 spiro atoms. The second kappa shape index (κ2) is 7.61. The summed E-state index contributed by atoms with van der Waals surface area (Å²) in [6.07, 6.45) is 2.29. The zero-order chi connectivity index (χ0) is 17.8. The number of nitrogens with zero attached hydrogens (tertiary/aromatic N) is 2. The fourth-order valence-electron chi connectivity index (χ4n) is 2.86. The standard InChI is InChI=1S/C19H21N3O2S/c1-3-22-17-7-5-4-6-16(17)21-18(22)12-13-20-19(23)14-8-10-15(11-9-14)25(2)24/h4-11H,3,12-13H2,1-2H3,(H,20,23). The van der Waals surface area contributed by atoms with Crippen molar-refractivity contribution in [3.05, 3.63) is 59.9 Å². The molecule has 1 aromatic heterocycles. The van der Waals surface area contributed by atoms with Gasteiger partial charge in [-0.15, -0.1) is 0 Å². The molecule has 1 amide bonds. The van der Waals surface area contributed by atoms with E-state index in [9.17, 15) is 9.00 Å². The fourth-order valence-corrected chi connectivity index (χ4v) is 3.38. The quantitative estimate of drug-likeness (QED) is 0.739. The molecule has 1 atom stereocenters. The summed E-state index contributed by atoms with van der Waals surface area (Å²) in [5.41, 5.74) is 2.67. The molecule has 0 aliphatic carbocycles. The molecule has 1 heterocycles. The molecule has 0 fully saturated rings. The number of nitrogens with one attached hydrogen (secondary N) is 1. The zero-order valence-electron chi connectivity index (χ0n) is 14.4. The van der Waals surface area contributed by atoms with Crippen LogP contribution >= 0.6 is 0 Å². The summed E-state index contributed by atoms with van der Waals surface area (Å²) in [5.74, 6) is 0.841. The van der Waals surface area contributed by atoms with Crippen molar-refractivity contribution in [3.63, 3.8) is 0 Å². The van der Waals surface area contributed by atoms with E-state index >= 15 is 0 Å². The number of rotatable bonds is 6. The van der Waals surface area contributed by atoms with Gasteiger partial charge in [-0.1, -0.05) is 12.1 Å². The molecule has 0 aliphatic heterocycles. The van der Waals surface area contributed by atoms with E-state index in [0.717, 1.165) is 23.4 Å². The van der Waals surface area contributed by atoms with E-state index in [2.05, 4.69) is 27.9 Å². The van der Waals surface area contributed by atoms with Crippen molar-refractivity contribution >= 4 is 27.7 Å². The zero-order valence-corrected chi connectivity index (χ0v) is 15.2. The van der Waals surface area contributed by atoms with Crippen molar-refractivity contribution in [2.24, 2.45) is 0 Å². The number of hydrogen-bond donors (Lipinski definition) is 1. The third-order valence-electron chi connectivity index (χ3n) is 4.13.